The van der Waals surface area contributed by atoms with E-state index >= 15 is 0 Å². The van der Waals surface area contributed by atoms with Crippen LogP contribution in [0.5, 0.6) is 0 Å². The predicted molar refractivity (Wildman–Crippen MR) is 68.3 cm³/mol. The van der Waals surface area contributed by atoms with E-state index in [-0.39, 0.29) is 0 Å². The smallest absolute Gasteiger partial charge is 0.0426 e. The molecule has 1 saturated carbocycles. The third-order valence-corrected chi connectivity index (χ3v) is 5.51. The summed E-state index contributed by atoms with van der Waals surface area (Å²) in [6.07, 6.45) is 7.07. The first-order valence-corrected chi connectivity index (χ1v) is 7.41. The highest BCUT2D eigenvalue weighted by atomic mass is 32.2. The molecule has 1 atom stereocenters. The molecule has 0 spiro atoms. The van der Waals surface area contributed by atoms with Gasteiger partial charge in [0.15, 0.2) is 0 Å². The second-order valence-corrected chi connectivity index (χ2v) is 6.37. The van der Waals surface area contributed by atoms with Crippen molar-refractivity contribution < 1.29 is 0 Å². The summed E-state index contributed by atoms with van der Waals surface area (Å²) in [6.45, 7) is 2.11. The van der Waals surface area contributed by atoms with Gasteiger partial charge in [0.25, 0.3) is 0 Å². The minimum Gasteiger partial charge on any atom is -0.329 e. The van der Waals surface area contributed by atoms with Gasteiger partial charge in [-0.1, -0.05) is 12.8 Å². The molecule has 88 valence electrons. The van der Waals surface area contributed by atoms with E-state index in [0.717, 1.165) is 12.5 Å². The summed E-state index contributed by atoms with van der Waals surface area (Å²) in [5.41, 5.74) is 6.32. The van der Waals surface area contributed by atoms with Crippen LogP contribution in [0.4, 0.5) is 0 Å². The molecule has 0 aromatic rings. The Morgan fingerprint density at radius 3 is 2.67 bits per heavy atom. The van der Waals surface area contributed by atoms with Gasteiger partial charge in [0.2, 0.25) is 0 Å². The molecular weight excluding hydrogens is 204 g/mol. The molecule has 1 unspecified atom stereocenters. The maximum atomic E-state index is 5.99. The fraction of sp³-hybridized carbons (Fsp3) is 1.00. The predicted octanol–water partition coefficient (Wildman–Crippen LogP) is 1.94. The van der Waals surface area contributed by atoms with Crippen LogP contribution in [0, 0.1) is 5.92 Å². The van der Waals surface area contributed by atoms with Gasteiger partial charge in [-0.25, -0.2) is 0 Å². The van der Waals surface area contributed by atoms with E-state index < -0.39 is 0 Å². The number of hydrogen-bond donors (Lipinski definition) is 1. The highest BCUT2D eigenvalue weighted by molar-refractivity contribution is 7.99. The van der Waals surface area contributed by atoms with Crippen molar-refractivity contribution in [2.24, 2.45) is 11.7 Å². The van der Waals surface area contributed by atoms with Gasteiger partial charge in [-0.15, -0.1) is 0 Å². The molecule has 0 amide bonds. The van der Waals surface area contributed by atoms with Gasteiger partial charge in [-0.05, 0) is 38.0 Å². The van der Waals surface area contributed by atoms with Crippen molar-refractivity contribution in [3.8, 4) is 0 Å². The summed E-state index contributed by atoms with van der Waals surface area (Å²) >= 11 is 2.07. The Morgan fingerprint density at radius 1 is 1.40 bits per heavy atom. The van der Waals surface area contributed by atoms with E-state index in [1.807, 2.05) is 0 Å². The Bertz CT molecular complexity index is 196. The topological polar surface area (TPSA) is 29.3 Å². The average Bonchev–Trinajstić information content (AvgIpc) is 2.87. The molecule has 1 aliphatic carbocycles. The quantitative estimate of drug-likeness (QED) is 0.797. The highest BCUT2D eigenvalue weighted by Crippen LogP contribution is 2.34. The van der Waals surface area contributed by atoms with Crippen LogP contribution in [0.25, 0.3) is 0 Å². The zero-order valence-electron chi connectivity index (χ0n) is 9.87. The Balaban J connectivity index is 1.89. The molecule has 2 N–H and O–H groups in total. The van der Waals surface area contributed by atoms with Crippen LogP contribution in [0.1, 0.15) is 32.1 Å². The van der Waals surface area contributed by atoms with Gasteiger partial charge in [-0.3, -0.25) is 4.90 Å². The van der Waals surface area contributed by atoms with Crippen LogP contribution >= 0.6 is 11.8 Å². The van der Waals surface area contributed by atoms with E-state index in [9.17, 15) is 0 Å². The first-order chi connectivity index (χ1) is 7.27. The summed E-state index contributed by atoms with van der Waals surface area (Å²) in [5.74, 6) is 3.49. The third kappa shape index (κ3) is 2.51. The largest absolute Gasteiger partial charge is 0.329 e. The number of rotatable bonds is 4. The Labute approximate surface area is 98.0 Å². The molecule has 2 fully saturated rings. The molecule has 1 heterocycles. The van der Waals surface area contributed by atoms with Gasteiger partial charge in [0.1, 0.15) is 0 Å². The number of nitrogens with two attached hydrogens (primary N) is 1. The normalized spacial score (nSPS) is 33.0. The zero-order chi connectivity index (χ0) is 10.7. The summed E-state index contributed by atoms with van der Waals surface area (Å²) < 4.78 is 0. The van der Waals surface area contributed by atoms with E-state index in [2.05, 4.69) is 23.7 Å². The minimum absolute atomic E-state index is 0.327. The minimum atomic E-state index is 0.327. The first-order valence-electron chi connectivity index (χ1n) is 6.26. The first kappa shape index (κ1) is 11.7. The third-order valence-electron chi connectivity index (χ3n) is 4.28. The van der Waals surface area contributed by atoms with Crippen molar-refractivity contribution in [2.75, 3.05) is 31.6 Å². The summed E-state index contributed by atoms with van der Waals surface area (Å²) in [6, 6.07) is 0. The molecule has 0 bridgehead atoms. The molecule has 2 nitrogen and oxygen atoms in total. The standard InChI is InChI=1S/C12H24N2S/c1-14(8-11-4-2-3-5-11)12(9-13)6-7-15-10-12/h11H,2-10,13H2,1H3. The molecule has 15 heavy (non-hydrogen) atoms. The van der Waals surface area contributed by atoms with Gasteiger partial charge < -0.3 is 5.73 Å². The van der Waals surface area contributed by atoms with Crippen LogP contribution in [-0.4, -0.2) is 42.1 Å². The molecule has 1 saturated heterocycles. The highest BCUT2D eigenvalue weighted by Gasteiger charge is 2.37. The van der Waals surface area contributed by atoms with Crippen LogP contribution in [0.3, 0.4) is 0 Å². The van der Waals surface area contributed by atoms with Crippen LogP contribution in [0.15, 0.2) is 0 Å². The number of thioether (sulfide) groups is 1. The second kappa shape index (κ2) is 5.07. The monoisotopic (exact) mass is 228 g/mol. The van der Waals surface area contributed by atoms with Crippen LogP contribution in [-0.2, 0) is 0 Å². The van der Waals surface area contributed by atoms with Gasteiger partial charge in [0, 0.05) is 24.4 Å². The molecule has 0 aromatic carbocycles. The van der Waals surface area contributed by atoms with Crippen LogP contribution in [0.2, 0.25) is 0 Å². The molecule has 1 aliphatic heterocycles. The Hall–Kier alpha value is 0.270. The number of likely N-dealkylation sites (N-methyl/N-ethyl adjacent to an activating group) is 1. The van der Waals surface area contributed by atoms with Crippen molar-refractivity contribution in [3.05, 3.63) is 0 Å². The van der Waals surface area contributed by atoms with E-state index in [0.29, 0.717) is 5.54 Å². The Morgan fingerprint density at radius 2 is 2.13 bits per heavy atom. The average molecular weight is 228 g/mol. The van der Waals surface area contributed by atoms with Crippen molar-refractivity contribution in [1.82, 2.24) is 4.90 Å². The Kier molecular flexibility index (Phi) is 3.97. The van der Waals surface area contributed by atoms with Gasteiger partial charge in [0.05, 0.1) is 0 Å². The summed E-state index contributed by atoms with van der Waals surface area (Å²) in [7, 11) is 2.29. The lowest BCUT2D eigenvalue weighted by atomic mass is 9.95. The fourth-order valence-electron chi connectivity index (χ4n) is 2.99. The van der Waals surface area contributed by atoms with Gasteiger partial charge >= 0.3 is 0 Å². The molecule has 0 radical (unpaired) electrons. The van der Waals surface area contributed by atoms with Gasteiger partial charge in [-0.2, -0.15) is 11.8 Å². The van der Waals surface area contributed by atoms with E-state index in [1.165, 1.54) is 50.2 Å². The lowest BCUT2D eigenvalue weighted by Gasteiger charge is -2.38. The molecular formula is C12H24N2S. The zero-order valence-corrected chi connectivity index (χ0v) is 10.7. The molecule has 2 aliphatic rings. The maximum absolute atomic E-state index is 5.99. The van der Waals surface area contributed by atoms with Crippen molar-refractivity contribution in [2.45, 2.75) is 37.6 Å². The summed E-state index contributed by atoms with van der Waals surface area (Å²) in [5, 5.41) is 0. The lowest BCUT2D eigenvalue weighted by molar-refractivity contribution is 0.129. The molecule has 2 rings (SSSR count). The fourth-order valence-corrected chi connectivity index (χ4v) is 4.52. The number of nitrogens with zero attached hydrogens (tertiary/aromatic N) is 1. The molecule has 0 aromatic heterocycles. The number of hydrogen-bond acceptors (Lipinski definition) is 3. The van der Waals surface area contributed by atoms with Crippen LogP contribution < -0.4 is 5.73 Å². The van der Waals surface area contributed by atoms with Crippen molar-refractivity contribution >= 4 is 11.8 Å². The SMILES string of the molecule is CN(CC1CCCC1)C1(CN)CCSC1. The summed E-state index contributed by atoms with van der Waals surface area (Å²) in [4.78, 5) is 2.57. The van der Waals surface area contributed by atoms with Crippen molar-refractivity contribution in [3.63, 3.8) is 0 Å². The lowest BCUT2D eigenvalue weighted by Crippen LogP contribution is -2.53. The van der Waals surface area contributed by atoms with Crippen molar-refractivity contribution in [1.29, 1.82) is 0 Å². The van der Waals surface area contributed by atoms with E-state index in [1.54, 1.807) is 0 Å². The maximum Gasteiger partial charge on any atom is 0.0426 e. The van der Waals surface area contributed by atoms with E-state index in [4.69, 9.17) is 5.73 Å². The second-order valence-electron chi connectivity index (χ2n) is 5.26. The molecule has 3 heteroatoms.